The number of rotatable bonds is 3. The molecule has 0 spiro atoms. The van der Waals surface area contributed by atoms with Crippen LogP contribution in [0.25, 0.3) is 0 Å². The molecule has 5 rings (SSSR count). The summed E-state index contributed by atoms with van der Waals surface area (Å²) in [6.45, 7) is 7.64. The lowest BCUT2D eigenvalue weighted by molar-refractivity contribution is -0.322. The van der Waals surface area contributed by atoms with Crippen LogP contribution in [0.15, 0.2) is 0 Å². The number of aliphatic hydroxyl groups is 5. The van der Waals surface area contributed by atoms with Crippen LogP contribution in [0.4, 0.5) is 0 Å². The molecule has 168 valence electrons. The highest BCUT2D eigenvalue weighted by molar-refractivity contribution is 5.14. The van der Waals surface area contributed by atoms with Gasteiger partial charge in [0.1, 0.15) is 24.4 Å². The standard InChI is InChI=1S/C21H36O8/c1-10-7-12(27-18-17(25)16(24)15(23)13(9-22)28-18)14-11(10)8-21(26)6-5-20(14,4)29-19(21,2)3/h10-18,22-26H,5-9H2,1-4H3. The number of aliphatic hydroxyl groups excluding tert-OH is 4. The molecule has 3 heterocycles. The van der Waals surface area contributed by atoms with Gasteiger partial charge in [-0.15, -0.1) is 0 Å². The third-order valence-corrected chi connectivity index (χ3v) is 8.28. The van der Waals surface area contributed by atoms with Gasteiger partial charge in [0.2, 0.25) is 0 Å². The number of hydrogen-bond acceptors (Lipinski definition) is 8. The van der Waals surface area contributed by atoms with Crippen LogP contribution >= 0.6 is 0 Å². The van der Waals surface area contributed by atoms with Gasteiger partial charge in [0.15, 0.2) is 6.29 Å². The Hall–Kier alpha value is -0.320. The zero-order valence-electron chi connectivity index (χ0n) is 17.7. The van der Waals surface area contributed by atoms with Crippen LogP contribution in [0.3, 0.4) is 0 Å². The van der Waals surface area contributed by atoms with E-state index in [1.807, 2.05) is 13.8 Å². The first-order valence-electron chi connectivity index (χ1n) is 10.8. The molecule has 0 radical (unpaired) electrons. The Labute approximate surface area is 171 Å². The quantitative estimate of drug-likeness (QED) is 0.432. The zero-order valence-corrected chi connectivity index (χ0v) is 17.7. The molecule has 29 heavy (non-hydrogen) atoms. The van der Waals surface area contributed by atoms with Crippen molar-refractivity contribution in [3.05, 3.63) is 0 Å². The molecule has 3 saturated heterocycles. The second-order valence-corrected chi connectivity index (χ2v) is 10.4. The van der Waals surface area contributed by atoms with Crippen molar-refractivity contribution in [2.24, 2.45) is 17.8 Å². The van der Waals surface area contributed by atoms with E-state index in [0.29, 0.717) is 12.8 Å². The summed E-state index contributed by atoms with van der Waals surface area (Å²) in [7, 11) is 0. The Morgan fingerprint density at radius 1 is 1.03 bits per heavy atom. The second kappa shape index (κ2) is 7.10. The van der Waals surface area contributed by atoms with Gasteiger partial charge in [0.05, 0.1) is 29.5 Å². The molecule has 5 aliphatic rings. The second-order valence-electron chi connectivity index (χ2n) is 10.4. The minimum absolute atomic E-state index is 0.000620. The van der Waals surface area contributed by atoms with E-state index >= 15 is 0 Å². The average molecular weight is 417 g/mol. The van der Waals surface area contributed by atoms with Crippen LogP contribution in [0.2, 0.25) is 0 Å². The van der Waals surface area contributed by atoms with Crippen LogP contribution in [0.1, 0.15) is 53.4 Å². The number of fused-ring (bicyclic) bond motifs is 2. The lowest BCUT2D eigenvalue weighted by atomic mass is 9.74. The molecule has 8 heteroatoms. The van der Waals surface area contributed by atoms with Crippen molar-refractivity contribution in [1.82, 2.24) is 0 Å². The smallest absolute Gasteiger partial charge is 0.186 e. The average Bonchev–Trinajstić information content (AvgIpc) is 2.84. The van der Waals surface area contributed by atoms with Crippen LogP contribution in [-0.2, 0) is 14.2 Å². The molecular weight excluding hydrogens is 380 g/mol. The maximum absolute atomic E-state index is 11.4. The summed E-state index contributed by atoms with van der Waals surface area (Å²) in [4.78, 5) is 0. The Morgan fingerprint density at radius 2 is 1.72 bits per heavy atom. The van der Waals surface area contributed by atoms with Crippen molar-refractivity contribution >= 4 is 0 Å². The van der Waals surface area contributed by atoms with Gasteiger partial charge in [-0.25, -0.2) is 0 Å². The molecule has 5 N–H and O–H groups in total. The van der Waals surface area contributed by atoms with Crippen molar-refractivity contribution < 1.29 is 39.7 Å². The first-order chi connectivity index (χ1) is 13.4. The molecule has 0 amide bonds. The fraction of sp³-hybridized carbons (Fsp3) is 1.00. The first kappa shape index (κ1) is 21.9. The highest BCUT2D eigenvalue weighted by atomic mass is 16.7. The van der Waals surface area contributed by atoms with E-state index in [0.717, 1.165) is 12.8 Å². The topological polar surface area (TPSA) is 129 Å². The van der Waals surface area contributed by atoms with E-state index in [1.165, 1.54) is 0 Å². The minimum Gasteiger partial charge on any atom is -0.394 e. The molecule has 3 aliphatic heterocycles. The maximum atomic E-state index is 11.4. The normalized spacial score (nSPS) is 56.8. The zero-order chi connectivity index (χ0) is 21.4. The number of hydrogen-bond donors (Lipinski definition) is 5. The predicted octanol–water partition coefficient (Wildman–Crippen LogP) is -0.0738. The molecule has 0 aromatic heterocycles. The summed E-state index contributed by atoms with van der Waals surface area (Å²) >= 11 is 0. The molecule has 2 bridgehead atoms. The molecule has 5 fully saturated rings. The van der Waals surface area contributed by atoms with E-state index in [1.54, 1.807) is 0 Å². The van der Waals surface area contributed by atoms with Gasteiger partial charge in [-0.05, 0) is 58.3 Å². The highest BCUT2D eigenvalue weighted by Gasteiger charge is 2.65. The highest BCUT2D eigenvalue weighted by Crippen LogP contribution is 2.60. The van der Waals surface area contributed by atoms with E-state index in [4.69, 9.17) is 14.2 Å². The summed E-state index contributed by atoms with van der Waals surface area (Å²) < 4.78 is 18.3. The molecule has 0 aromatic rings. The lowest BCUT2D eigenvalue weighted by Crippen LogP contribution is -2.61. The van der Waals surface area contributed by atoms with Gasteiger partial charge in [0.25, 0.3) is 0 Å². The largest absolute Gasteiger partial charge is 0.394 e. The van der Waals surface area contributed by atoms with Gasteiger partial charge < -0.3 is 39.7 Å². The number of ether oxygens (including phenoxy) is 3. The fourth-order valence-corrected chi connectivity index (χ4v) is 6.44. The van der Waals surface area contributed by atoms with Crippen molar-refractivity contribution in [3.63, 3.8) is 0 Å². The van der Waals surface area contributed by atoms with E-state index < -0.39 is 54.1 Å². The van der Waals surface area contributed by atoms with E-state index in [2.05, 4.69) is 13.8 Å². The minimum atomic E-state index is -1.46. The Morgan fingerprint density at radius 3 is 2.34 bits per heavy atom. The van der Waals surface area contributed by atoms with Crippen LogP contribution in [0, 0.1) is 17.8 Å². The Balaban J connectivity index is 1.60. The lowest BCUT2D eigenvalue weighted by Gasteiger charge is -2.52. The van der Waals surface area contributed by atoms with Crippen LogP contribution < -0.4 is 0 Å². The molecule has 11 unspecified atom stereocenters. The third kappa shape index (κ3) is 3.27. The monoisotopic (exact) mass is 416 g/mol. The summed E-state index contributed by atoms with van der Waals surface area (Å²) in [5, 5.41) is 51.3. The van der Waals surface area contributed by atoms with Gasteiger partial charge >= 0.3 is 0 Å². The predicted molar refractivity (Wildman–Crippen MR) is 102 cm³/mol. The van der Waals surface area contributed by atoms with E-state index in [-0.39, 0.29) is 23.9 Å². The van der Waals surface area contributed by atoms with E-state index in [9.17, 15) is 25.5 Å². The van der Waals surface area contributed by atoms with Crippen molar-refractivity contribution in [3.8, 4) is 0 Å². The van der Waals surface area contributed by atoms with Gasteiger partial charge in [0, 0.05) is 5.92 Å². The first-order valence-corrected chi connectivity index (χ1v) is 10.8. The Kier molecular flexibility index (Phi) is 5.36. The molecule has 8 nitrogen and oxygen atoms in total. The molecule has 0 aromatic carbocycles. The SMILES string of the molecule is CC1CC(OC2OC(CO)C(O)C(O)C2O)C2C1CC1(O)CCC2(C)OC1(C)C. The van der Waals surface area contributed by atoms with Crippen LogP contribution in [0.5, 0.6) is 0 Å². The maximum Gasteiger partial charge on any atom is 0.186 e. The van der Waals surface area contributed by atoms with Crippen molar-refractivity contribution in [2.45, 2.75) is 107 Å². The van der Waals surface area contributed by atoms with Crippen molar-refractivity contribution in [1.29, 1.82) is 0 Å². The molecule has 2 aliphatic carbocycles. The molecule has 2 saturated carbocycles. The Bertz CT molecular complexity index is 626. The summed E-state index contributed by atoms with van der Waals surface area (Å²) in [6, 6.07) is 0. The summed E-state index contributed by atoms with van der Waals surface area (Å²) in [5.41, 5.74) is -2.05. The molecular formula is C21H36O8. The van der Waals surface area contributed by atoms with Crippen LogP contribution in [-0.4, -0.2) is 85.8 Å². The van der Waals surface area contributed by atoms with Gasteiger partial charge in [-0.2, -0.15) is 0 Å². The fourth-order valence-electron chi connectivity index (χ4n) is 6.44. The van der Waals surface area contributed by atoms with Gasteiger partial charge in [-0.1, -0.05) is 6.92 Å². The summed E-state index contributed by atoms with van der Waals surface area (Å²) in [6.07, 6.45) is -3.98. The summed E-state index contributed by atoms with van der Waals surface area (Å²) in [5.74, 6) is 0.487. The van der Waals surface area contributed by atoms with Gasteiger partial charge in [-0.3, -0.25) is 0 Å². The third-order valence-electron chi connectivity index (χ3n) is 8.28. The molecule has 11 atom stereocenters. The van der Waals surface area contributed by atoms with Crippen molar-refractivity contribution in [2.75, 3.05) is 6.61 Å².